The second kappa shape index (κ2) is 9.98. The second-order valence-corrected chi connectivity index (χ2v) is 5.96. The summed E-state index contributed by atoms with van der Waals surface area (Å²) in [6, 6.07) is 15.0. The molecule has 0 saturated heterocycles. The SMILES string of the molecule is CCOc1cc(/C=N\NC(=O)c2cccnc2)ccc1OCc1ccccc1F. The molecule has 1 heterocycles. The van der Waals surface area contributed by atoms with Gasteiger partial charge in [0, 0.05) is 18.0 Å². The molecule has 29 heavy (non-hydrogen) atoms. The van der Waals surface area contributed by atoms with Gasteiger partial charge < -0.3 is 9.47 Å². The molecule has 0 bridgehead atoms. The first-order valence-electron chi connectivity index (χ1n) is 9.04. The maximum absolute atomic E-state index is 13.8. The first-order valence-corrected chi connectivity index (χ1v) is 9.04. The van der Waals surface area contributed by atoms with E-state index in [-0.39, 0.29) is 18.3 Å². The third-order valence-corrected chi connectivity index (χ3v) is 3.91. The molecule has 2 aromatic carbocycles. The number of aromatic nitrogens is 1. The Labute approximate surface area is 168 Å². The Kier molecular flexibility index (Phi) is 6.89. The van der Waals surface area contributed by atoms with Crippen LogP contribution in [0.25, 0.3) is 0 Å². The van der Waals surface area contributed by atoms with Crippen LogP contribution in [0.15, 0.2) is 72.1 Å². The number of nitrogens with one attached hydrogen (secondary N) is 1. The molecule has 0 saturated carbocycles. The van der Waals surface area contributed by atoms with E-state index >= 15 is 0 Å². The molecule has 1 aromatic heterocycles. The van der Waals surface area contributed by atoms with Gasteiger partial charge in [-0.2, -0.15) is 5.10 Å². The standard InChI is InChI=1S/C22H20FN3O3/c1-2-28-21-12-16(13-25-26-22(27)17-7-5-11-24-14-17)9-10-20(21)29-15-18-6-3-4-8-19(18)23/h3-14H,2,15H2,1H3,(H,26,27)/b25-13-. The maximum Gasteiger partial charge on any atom is 0.272 e. The zero-order chi connectivity index (χ0) is 20.5. The van der Waals surface area contributed by atoms with E-state index in [9.17, 15) is 9.18 Å². The van der Waals surface area contributed by atoms with Gasteiger partial charge in [0.2, 0.25) is 0 Å². The molecular formula is C22H20FN3O3. The molecule has 0 radical (unpaired) electrons. The summed E-state index contributed by atoms with van der Waals surface area (Å²) in [5.74, 6) is 0.320. The van der Waals surface area contributed by atoms with E-state index in [4.69, 9.17) is 9.47 Å². The summed E-state index contributed by atoms with van der Waals surface area (Å²) < 4.78 is 25.1. The van der Waals surface area contributed by atoms with Gasteiger partial charge in [-0.3, -0.25) is 9.78 Å². The molecule has 0 aliphatic heterocycles. The van der Waals surface area contributed by atoms with Gasteiger partial charge >= 0.3 is 0 Å². The summed E-state index contributed by atoms with van der Waals surface area (Å²) in [5, 5.41) is 3.96. The number of hydrazone groups is 1. The molecule has 0 atom stereocenters. The molecule has 0 fully saturated rings. The first kappa shape index (κ1) is 20.0. The van der Waals surface area contributed by atoms with Crippen LogP contribution in [0.4, 0.5) is 4.39 Å². The molecule has 148 valence electrons. The molecule has 7 heteroatoms. The quantitative estimate of drug-likeness (QED) is 0.464. The van der Waals surface area contributed by atoms with Crippen LogP contribution in [0.5, 0.6) is 11.5 Å². The molecule has 0 aliphatic rings. The Morgan fingerprint density at radius 1 is 1.14 bits per heavy atom. The highest BCUT2D eigenvalue weighted by atomic mass is 19.1. The van der Waals surface area contributed by atoms with Crippen LogP contribution < -0.4 is 14.9 Å². The van der Waals surface area contributed by atoms with Crippen LogP contribution in [-0.4, -0.2) is 23.7 Å². The number of rotatable bonds is 8. The maximum atomic E-state index is 13.8. The van der Waals surface area contributed by atoms with Gasteiger partial charge in [0.1, 0.15) is 12.4 Å². The lowest BCUT2D eigenvalue weighted by Gasteiger charge is -2.13. The van der Waals surface area contributed by atoms with Gasteiger partial charge in [-0.1, -0.05) is 18.2 Å². The highest BCUT2D eigenvalue weighted by Crippen LogP contribution is 2.29. The van der Waals surface area contributed by atoms with Crippen molar-refractivity contribution in [2.45, 2.75) is 13.5 Å². The first-order chi connectivity index (χ1) is 14.2. The Morgan fingerprint density at radius 3 is 2.76 bits per heavy atom. The third kappa shape index (κ3) is 5.62. The van der Waals surface area contributed by atoms with Gasteiger partial charge in [0.15, 0.2) is 11.5 Å². The van der Waals surface area contributed by atoms with Crippen molar-refractivity contribution in [3.8, 4) is 11.5 Å². The molecule has 1 amide bonds. The van der Waals surface area contributed by atoms with Crippen LogP contribution in [0, 0.1) is 5.82 Å². The van der Waals surface area contributed by atoms with Crippen molar-refractivity contribution in [2.24, 2.45) is 5.10 Å². The van der Waals surface area contributed by atoms with E-state index in [1.807, 2.05) is 6.92 Å². The van der Waals surface area contributed by atoms with Crippen LogP contribution in [0.2, 0.25) is 0 Å². The topological polar surface area (TPSA) is 72.8 Å². The number of nitrogens with zero attached hydrogens (tertiary/aromatic N) is 2. The molecular weight excluding hydrogens is 373 g/mol. The Morgan fingerprint density at radius 2 is 2.00 bits per heavy atom. The van der Waals surface area contributed by atoms with Crippen molar-refractivity contribution in [1.82, 2.24) is 10.4 Å². The number of halogens is 1. The predicted molar refractivity (Wildman–Crippen MR) is 108 cm³/mol. The van der Waals surface area contributed by atoms with E-state index in [1.54, 1.807) is 54.7 Å². The molecule has 6 nitrogen and oxygen atoms in total. The number of carbonyl (C=O) groups excluding carboxylic acids is 1. The number of carbonyl (C=O) groups is 1. The van der Waals surface area contributed by atoms with E-state index in [1.165, 1.54) is 18.5 Å². The largest absolute Gasteiger partial charge is 0.490 e. The van der Waals surface area contributed by atoms with Crippen LogP contribution >= 0.6 is 0 Å². The highest BCUT2D eigenvalue weighted by Gasteiger charge is 2.08. The number of hydrogen-bond acceptors (Lipinski definition) is 5. The second-order valence-electron chi connectivity index (χ2n) is 5.96. The molecule has 3 aromatic rings. The van der Waals surface area contributed by atoms with Crippen LogP contribution in [0.1, 0.15) is 28.4 Å². The minimum absolute atomic E-state index is 0.0847. The van der Waals surface area contributed by atoms with E-state index < -0.39 is 0 Å². The van der Waals surface area contributed by atoms with Crippen molar-refractivity contribution in [3.05, 3.63) is 89.5 Å². The van der Waals surface area contributed by atoms with Crippen molar-refractivity contribution < 1.29 is 18.7 Å². The fourth-order valence-electron chi connectivity index (χ4n) is 2.49. The molecule has 0 aliphatic carbocycles. The zero-order valence-corrected chi connectivity index (χ0v) is 15.8. The summed E-state index contributed by atoms with van der Waals surface area (Å²) >= 11 is 0. The van der Waals surface area contributed by atoms with Crippen molar-refractivity contribution in [3.63, 3.8) is 0 Å². The summed E-state index contributed by atoms with van der Waals surface area (Å²) in [4.78, 5) is 15.9. The predicted octanol–water partition coefficient (Wildman–Crippen LogP) is 3.96. The summed E-state index contributed by atoms with van der Waals surface area (Å²) in [5.41, 5.74) is 4.02. The Hall–Kier alpha value is -3.74. The lowest BCUT2D eigenvalue weighted by atomic mass is 10.2. The van der Waals surface area contributed by atoms with E-state index in [0.717, 1.165) is 0 Å². The van der Waals surface area contributed by atoms with Gasteiger partial charge in [-0.25, -0.2) is 9.82 Å². The zero-order valence-electron chi connectivity index (χ0n) is 15.8. The molecule has 0 spiro atoms. The smallest absolute Gasteiger partial charge is 0.272 e. The average molecular weight is 393 g/mol. The number of amides is 1. The monoisotopic (exact) mass is 393 g/mol. The number of pyridine rings is 1. The minimum atomic E-state index is -0.357. The number of hydrogen-bond donors (Lipinski definition) is 1. The fourth-order valence-corrected chi connectivity index (χ4v) is 2.49. The van der Waals surface area contributed by atoms with Gasteiger partial charge in [0.25, 0.3) is 5.91 Å². The average Bonchev–Trinajstić information content (AvgIpc) is 2.75. The lowest BCUT2D eigenvalue weighted by Crippen LogP contribution is -2.17. The van der Waals surface area contributed by atoms with E-state index in [0.29, 0.717) is 34.8 Å². The molecule has 3 rings (SSSR count). The molecule has 1 N–H and O–H groups in total. The summed E-state index contributed by atoms with van der Waals surface area (Å²) in [7, 11) is 0. The minimum Gasteiger partial charge on any atom is -0.490 e. The number of ether oxygens (including phenoxy) is 2. The van der Waals surface area contributed by atoms with Crippen molar-refractivity contribution in [2.75, 3.05) is 6.61 Å². The van der Waals surface area contributed by atoms with E-state index in [2.05, 4.69) is 15.5 Å². The lowest BCUT2D eigenvalue weighted by molar-refractivity contribution is 0.0955. The fraction of sp³-hybridized carbons (Fsp3) is 0.136. The van der Waals surface area contributed by atoms with Gasteiger partial charge in [-0.05, 0) is 48.9 Å². The molecule has 0 unspecified atom stereocenters. The van der Waals surface area contributed by atoms with Crippen LogP contribution in [0.3, 0.4) is 0 Å². The summed E-state index contributed by atoms with van der Waals surface area (Å²) in [6.07, 6.45) is 4.54. The Bertz CT molecular complexity index is 994. The van der Waals surface area contributed by atoms with Crippen LogP contribution in [-0.2, 0) is 6.61 Å². The summed E-state index contributed by atoms with van der Waals surface area (Å²) in [6.45, 7) is 2.38. The van der Waals surface area contributed by atoms with Crippen molar-refractivity contribution >= 4 is 12.1 Å². The van der Waals surface area contributed by atoms with Gasteiger partial charge in [0.05, 0.1) is 18.4 Å². The van der Waals surface area contributed by atoms with Gasteiger partial charge in [-0.15, -0.1) is 0 Å². The number of benzene rings is 2. The normalized spacial score (nSPS) is 10.7. The van der Waals surface area contributed by atoms with Crippen molar-refractivity contribution in [1.29, 1.82) is 0 Å². The highest BCUT2D eigenvalue weighted by molar-refractivity contribution is 5.94. The third-order valence-electron chi connectivity index (χ3n) is 3.91. The Balaban J connectivity index is 1.67.